The second-order valence-electron chi connectivity index (χ2n) is 7.16. The van der Waals surface area contributed by atoms with Crippen molar-refractivity contribution in [1.82, 2.24) is 0 Å². The maximum Gasteiger partial charge on any atom is 0.500 e. The van der Waals surface area contributed by atoms with Gasteiger partial charge in [-0.1, -0.05) is 30.3 Å². The van der Waals surface area contributed by atoms with Crippen LogP contribution in [-0.2, 0) is 19.7 Å². The van der Waals surface area contributed by atoms with Gasteiger partial charge in [0.05, 0.1) is 0 Å². The molecular formula is C24H30O6Si. The van der Waals surface area contributed by atoms with Gasteiger partial charge in [-0.15, -0.1) is 0 Å². The minimum Gasteiger partial charge on any atom is -0.507 e. The molecule has 0 spiro atoms. The third-order valence-corrected chi connectivity index (χ3v) is 8.12. The van der Waals surface area contributed by atoms with Gasteiger partial charge in [-0.05, 0) is 51.3 Å². The number of hydrogen-bond donors (Lipinski definition) is 1. The fraction of sp³-hybridized carbons (Fsp3) is 0.375. The van der Waals surface area contributed by atoms with E-state index in [0.717, 1.165) is 17.5 Å². The molecule has 6 nitrogen and oxygen atoms in total. The first kappa shape index (κ1) is 23.2. The van der Waals surface area contributed by atoms with Crippen LogP contribution in [0, 0.1) is 0 Å². The predicted molar refractivity (Wildman–Crippen MR) is 123 cm³/mol. The molecule has 3 rings (SSSR count). The number of phenolic OH excluding ortho intramolecular Hbond substituents is 1. The van der Waals surface area contributed by atoms with Crippen LogP contribution in [0.5, 0.6) is 5.75 Å². The first-order chi connectivity index (χ1) is 15.0. The molecule has 0 atom stereocenters. The molecule has 0 unspecified atom stereocenters. The number of aromatic hydroxyl groups is 1. The average molecular weight is 443 g/mol. The summed E-state index contributed by atoms with van der Waals surface area (Å²) >= 11 is 0. The first-order valence-corrected chi connectivity index (χ1v) is 12.7. The summed E-state index contributed by atoms with van der Waals surface area (Å²) < 4.78 is 23.7. The molecule has 0 saturated carbocycles. The topological polar surface area (TPSA) is 78.1 Å². The van der Waals surface area contributed by atoms with Crippen LogP contribution < -0.4 is 5.43 Å². The van der Waals surface area contributed by atoms with Crippen LogP contribution in [0.15, 0.2) is 57.7 Å². The molecule has 31 heavy (non-hydrogen) atoms. The summed E-state index contributed by atoms with van der Waals surface area (Å²) in [6, 6.07) is 15.0. The smallest absolute Gasteiger partial charge is 0.500 e. The predicted octanol–water partition coefficient (Wildman–Crippen LogP) is 5.15. The van der Waals surface area contributed by atoms with Crippen molar-refractivity contribution in [2.45, 2.75) is 39.7 Å². The molecule has 0 aliphatic heterocycles. The van der Waals surface area contributed by atoms with Gasteiger partial charge in [0.15, 0.2) is 5.43 Å². The standard InChI is InChI=1S/C24H30O6Si/c1-4-27-31(28-5-2,29-6-3)14-10-11-18-15-20(25)24-21(26)17-22(30-23(24)16-18)19-12-8-7-9-13-19/h7-9,12-13,15-17,25H,4-6,10-11,14H2,1-3H3. The molecule has 1 aromatic heterocycles. The van der Waals surface area contributed by atoms with Crippen LogP contribution in [0.2, 0.25) is 6.04 Å². The maximum atomic E-state index is 12.6. The van der Waals surface area contributed by atoms with E-state index in [9.17, 15) is 9.90 Å². The molecule has 0 saturated heterocycles. The second-order valence-corrected chi connectivity index (χ2v) is 9.90. The van der Waals surface area contributed by atoms with Gasteiger partial charge in [0, 0.05) is 37.5 Å². The maximum absolute atomic E-state index is 12.6. The molecule has 0 aliphatic rings. The van der Waals surface area contributed by atoms with E-state index in [1.165, 1.54) is 6.07 Å². The molecule has 0 amide bonds. The first-order valence-electron chi connectivity index (χ1n) is 10.8. The minimum absolute atomic E-state index is 0.0659. The average Bonchev–Trinajstić information content (AvgIpc) is 2.74. The van der Waals surface area contributed by atoms with Crippen molar-refractivity contribution in [2.75, 3.05) is 19.8 Å². The zero-order chi connectivity index (χ0) is 22.3. The van der Waals surface area contributed by atoms with E-state index in [1.54, 1.807) is 6.07 Å². The lowest BCUT2D eigenvalue weighted by Gasteiger charge is -2.28. The van der Waals surface area contributed by atoms with Crippen molar-refractivity contribution in [3.8, 4) is 17.1 Å². The third kappa shape index (κ3) is 5.62. The highest BCUT2D eigenvalue weighted by Gasteiger charge is 2.39. The van der Waals surface area contributed by atoms with Crippen LogP contribution in [0.25, 0.3) is 22.3 Å². The zero-order valence-electron chi connectivity index (χ0n) is 18.3. The molecular weight excluding hydrogens is 412 g/mol. The van der Waals surface area contributed by atoms with Gasteiger partial charge < -0.3 is 22.8 Å². The molecule has 0 fully saturated rings. The molecule has 0 radical (unpaired) electrons. The van der Waals surface area contributed by atoms with E-state index in [-0.39, 0.29) is 16.6 Å². The summed E-state index contributed by atoms with van der Waals surface area (Å²) in [7, 11) is -2.71. The van der Waals surface area contributed by atoms with E-state index in [4.69, 9.17) is 17.7 Å². The van der Waals surface area contributed by atoms with Gasteiger partial charge in [-0.25, -0.2) is 0 Å². The highest BCUT2D eigenvalue weighted by atomic mass is 28.4. The Labute approximate surface area is 183 Å². The van der Waals surface area contributed by atoms with E-state index >= 15 is 0 Å². The Balaban J connectivity index is 1.85. The van der Waals surface area contributed by atoms with Gasteiger partial charge in [-0.3, -0.25) is 4.79 Å². The van der Waals surface area contributed by atoms with E-state index in [2.05, 4.69) is 0 Å². The molecule has 0 aliphatic carbocycles. The lowest BCUT2D eigenvalue weighted by atomic mass is 10.1. The summed E-state index contributed by atoms with van der Waals surface area (Å²) in [4.78, 5) is 12.6. The van der Waals surface area contributed by atoms with Crippen LogP contribution in [-0.4, -0.2) is 33.7 Å². The summed E-state index contributed by atoms with van der Waals surface area (Å²) in [6.07, 6.45) is 1.44. The lowest BCUT2D eigenvalue weighted by molar-refractivity contribution is 0.0708. The monoisotopic (exact) mass is 442 g/mol. The normalized spacial score (nSPS) is 11.8. The second kappa shape index (κ2) is 10.7. The Bertz CT molecular complexity index is 1030. The van der Waals surface area contributed by atoms with Crippen molar-refractivity contribution in [1.29, 1.82) is 0 Å². The van der Waals surface area contributed by atoms with Gasteiger partial charge >= 0.3 is 8.80 Å². The molecule has 7 heteroatoms. The van der Waals surface area contributed by atoms with Gasteiger partial charge in [0.25, 0.3) is 0 Å². The summed E-state index contributed by atoms with van der Waals surface area (Å²) in [5, 5.41) is 10.7. The highest BCUT2D eigenvalue weighted by Crippen LogP contribution is 2.29. The van der Waals surface area contributed by atoms with Gasteiger partial charge in [-0.2, -0.15) is 0 Å². The van der Waals surface area contributed by atoms with Crippen LogP contribution >= 0.6 is 0 Å². The van der Waals surface area contributed by atoms with Gasteiger partial charge in [0.2, 0.25) is 0 Å². The largest absolute Gasteiger partial charge is 0.507 e. The number of aryl methyl sites for hydroxylation is 1. The lowest BCUT2D eigenvalue weighted by Crippen LogP contribution is -2.46. The number of benzene rings is 2. The number of fused-ring (bicyclic) bond motifs is 1. The molecule has 2 aromatic carbocycles. The third-order valence-electron chi connectivity index (χ3n) is 4.97. The van der Waals surface area contributed by atoms with E-state index in [0.29, 0.717) is 43.6 Å². The fourth-order valence-electron chi connectivity index (χ4n) is 3.72. The van der Waals surface area contributed by atoms with Crippen molar-refractivity contribution in [2.24, 2.45) is 0 Å². The Kier molecular flexibility index (Phi) is 8.03. The molecule has 166 valence electrons. The Morgan fingerprint density at radius 2 is 1.58 bits per heavy atom. The number of hydrogen-bond acceptors (Lipinski definition) is 6. The van der Waals surface area contributed by atoms with Crippen molar-refractivity contribution in [3.63, 3.8) is 0 Å². The number of phenols is 1. The minimum atomic E-state index is -2.71. The quantitative estimate of drug-likeness (QED) is 0.414. The molecule has 0 bridgehead atoms. The molecule has 1 N–H and O–H groups in total. The summed E-state index contributed by atoms with van der Waals surface area (Å²) in [6.45, 7) is 7.43. The van der Waals surface area contributed by atoms with Crippen LogP contribution in [0.1, 0.15) is 32.8 Å². The highest BCUT2D eigenvalue weighted by molar-refractivity contribution is 6.60. The molecule has 1 heterocycles. The van der Waals surface area contributed by atoms with Crippen LogP contribution in [0.3, 0.4) is 0 Å². The summed E-state index contributed by atoms with van der Waals surface area (Å²) in [5.74, 6) is 0.411. The van der Waals surface area contributed by atoms with Crippen molar-refractivity contribution in [3.05, 3.63) is 64.3 Å². The van der Waals surface area contributed by atoms with Gasteiger partial charge in [0.1, 0.15) is 22.5 Å². The Hall–Kier alpha value is -2.45. The van der Waals surface area contributed by atoms with E-state index in [1.807, 2.05) is 57.2 Å². The van der Waals surface area contributed by atoms with Crippen molar-refractivity contribution >= 4 is 19.8 Å². The molecule has 3 aromatic rings. The summed E-state index contributed by atoms with van der Waals surface area (Å²) in [5.41, 5.74) is 1.81. The Morgan fingerprint density at radius 1 is 0.935 bits per heavy atom. The Morgan fingerprint density at radius 3 is 2.19 bits per heavy atom. The van der Waals surface area contributed by atoms with Crippen LogP contribution in [0.4, 0.5) is 0 Å². The zero-order valence-corrected chi connectivity index (χ0v) is 19.3. The van der Waals surface area contributed by atoms with Crippen molar-refractivity contribution < 1.29 is 22.8 Å². The van der Waals surface area contributed by atoms with E-state index < -0.39 is 8.80 Å². The SMILES string of the molecule is CCO[Si](CCCc1cc(O)c2c(=O)cc(-c3ccccc3)oc2c1)(OCC)OCC. The fourth-order valence-corrected chi connectivity index (χ4v) is 6.34. The number of rotatable bonds is 11.